The number of nitrogens with zero attached hydrogens (tertiary/aromatic N) is 2. The first-order chi connectivity index (χ1) is 8.86. The topological polar surface area (TPSA) is 82.3 Å². The predicted octanol–water partition coefficient (Wildman–Crippen LogP) is 1.27. The summed E-state index contributed by atoms with van der Waals surface area (Å²) in [6.45, 7) is 0.380. The van der Waals surface area contributed by atoms with Gasteiger partial charge in [0.15, 0.2) is 23.4 Å². The lowest BCUT2D eigenvalue weighted by Crippen LogP contribution is -2.24. The van der Waals surface area contributed by atoms with E-state index in [0.717, 1.165) is 5.75 Å². The SMILES string of the molecule is NNc1ccnc(C2COc3ccccc3O2)n1. The number of aromatic nitrogens is 2. The molecule has 1 unspecified atom stereocenters. The highest BCUT2D eigenvalue weighted by atomic mass is 16.6. The Morgan fingerprint density at radius 2 is 2.06 bits per heavy atom. The maximum absolute atomic E-state index is 5.80. The molecule has 0 aliphatic carbocycles. The largest absolute Gasteiger partial charge is 0.485 e. The molecule has 3 rings (SSSR count). The molecule has 0 saturated heterocycles. The van der Waals surface area contributed by atoms with Crippen molar-refractivity contribution in [3.8, 4) is 11.5 Å². The molecule has 2 heterocycles. The highest BCUT2D eigenvalue weighted by molar-refractivity contribution is 5.41. The number of ether oxygens (including phenoxy) is 2. The number of hydrogen-bond acceptors (Lipinski definition) is 6. The fourth-order valence-electron chi connectivity index (χ4n) is 1.76. The summed E-state index contributed by atoms with van der Waals surface area (Å²) in [5.41, 5.74) is 2.48. The molecular formula is C12H12N4O2. The van der Waals surface area contributed by atoms with Gasteiger partial charge in [-0.2, -0.15) is 0 Å². The van der Waals surface area contributed by atoms with Crippen LogP contribution in [0.3, 0.4) is 0 Å². The van der Waals surface area contributed by atoms with Crippen molar-refractivity contribution in [2.75, 3.05) is 12.0 Å². The maximum Gasteiger partial charge on any atom is 0.192 e. The number of anilines is 1. The third-order valence-electron chi connectivity index (χ3n) is 2.62. The van der Waals surface area contributed by atoms with Crippen LogP contribution in [0, 0.1) is 0 Å². The van der Waals surface area contributed by atoms with Crippen LogP contribution >= 0.6 is 0 Å². The average Bonchev–Trinajstić information content (AvgIpc) is 2.47. The lowest BCUT2D eigenvalue weighted by atomic mass is 10.2. The lowest BCUT2D eigenvalue weighted by Gasteiger charge is -2.25. The number of para-hydroxylation sites is 2. The zero-order valence-corrected chi connectivity index (χ0v) is 9.54. The van der Waals surface area contributed by atoms with Crippen molar-refractivity contribution in [1.82, 2.24) is 9.97 Å². The second kappa shape index (κ2) is 4.50. The molecule has 1 aliphatic heterocycles. The van der Waals surface area contributed by atoms with Crippen LogP contribution in [0.25, 0.3) is 0 Å². The van der Waals surface area contributed by atoms with Gasteiger partial charge in [-0.05, 0) is 12.1 Å². The Kier molecular flexibility index (Phi) is 2.70. The minimum Gasteiger partial charge on any atom is -0.485 e. The van der Waals surface area contributed by atoms with Crippen molar-refractivity contribution >= 4 is 5.82 Å². The Morgan fingerprint density at radius 3 is 2.89 bits per heavy atom. The van der Waals surface area contributed by atoms with E-state index >= 15 is 0 Å². The number of nitrogens with two attached hydrogens (primary N) is 1. The Morgan fingerprint density at radius 1 is 1.22 bits per heavy atom. The Bertz CT molecular complexity index is 561. The fourth-order valence-corrected chi connectivity index (χ4v) is 1.76. The zero-order valence-electron chi connectivity index (χ0n) is 9.54. The first-order valence-electron chi connectivity index (χ1n) is 5.55. The third kappa shape index (κ3) is 1.93. The van der Waals surface area contributed by atoms with E-state index in [1.54, 1.807) is 12.3 Å². The number of nitrogen functional groups attached to an aromatic ring is 1. The monoisotopic (exact) mass is 244 g/mol. The Hall–Kier alpha value is -2.34. The van der Waals surface area contributed by atoms with E-state index in [-0.39, 0.29) is 6.10 Å². The Labute approximate surface area is 104 Å². The molecule has 0 fully saturated rings. The molecule has 6 heteroatoms. The fraction of sp³-hybridized carbons (Fsp3) is 0.167. The third-order valence-corrected chi connectivity index (χ3v) is 2.62. The quantitative estimate of drug-likeness (QED) is 0.611. The van der Waals surface area contributed by atoms with Gasteiger partial charge in [-0.3, -0.25) is 0 Å². The number of benzene rings is 1. The first-order valence-corrected chi connectivity index (χ1v) is 5.55. The van der Waals surface area contributed by atoms with E-state index in [4.69, 9.17) is 15.3 Å². The predicted molar refractivity (Wildman–Crippen MR) is 65.1 cm³/mol. The first kappa shape index (κ1) is 10.8. The van der Waals surface area contributed by atoms with Gasteiger partial charge >= 0.3 is 0 Å². The smallest absolute Gasteiger partial charge is 0.192 e. The van der Waals surface area contributed by atoms with Crippen LogP contribution in [0.5, 0.6) is 11.5 Å². The van der Waals surface area contributed by atoms with Crippen molar-refractivity contribution in [1.29, 1.82) is 0 Å². The molecule has 0 spiro atoms. The highest BCUT2D eigenvalue weighted by Crippen LogP contribution is 2.34. The second-order valence-electron chi connectivity index (χ2n) is 3.81. The zero-order chi connectivity index (χ0) is 12.4. The van der Waals surface area contributed by atoms with E-state index in [1.165, 1.54) is 0 Å². The van der Waals surface area contributed by atoms with Gasteiger partial charge in [-0.15, -0.1) is 0 Å². The summed E-state index contributed by atoms with van der Waals surface area (Å²) in [7, 11) is 0. The van der Waals surface area contributed by atoms with Crippen molar-refractivity contribution in [3.05, 3.63) is 42.4 Å². The van der Waals surface area contributed by atoms with Crippen molar-refractivity contribution in [2.24, 2.45) is 5.84 Å². The minimum absolute atomic E-state index is 0.326. The standard InChI is InChI=1S/C12H12N4O2/c13-16-11-5-6-14-12(15-11)10-7-17-8-3-1-2-4-9(8)18-10/h1-6,10H,7,13H2,(H,14,15,16). The van der Waals surface area contributed by atoms with Crippen LogP contribution in [-0.2, 0) is 0 Å². The number of hydrogen-bond donors (Lipinski definition) is 2. The van der Waals surface area contributed by atoms with Crippen molar-refractivity contribution in [3.63, 3.8) is 0 Å². The van der Waals surface area contributed by atoms with Gasteiger partial charge in [0, 0.05) is 12.3 Å². The molecule has 92 valence electrons. The second-order valence-corrected chi connectivity index (χ2v) is 3.81. The van der Waals surface area contributed by atoms with E-state index in [9.17, 15) is 0 Å². The molecule has 1 atom stereocenters. The summed E-state index contributed by atoms with van der Waals surface area (Å²) < 4.78 is 11.4. The van der Waals surface area contributed by atoms with Gasteiger partial charge in [0.2, 0.25) is 0 Å². The number of hydrazine groups is 1. The molecule has 0 bridgehead atoms. The van der Waals surface area contributed by atoms with Gasteiger partial charge in [0.05, 0.1) is 0 Å². The molecule has 0 saturated carbocycles. The van der Waals surface area contributed by atoms with Crippen LogP contribution in [0.1, 0.15) is 11.9 Å². The molecule has 1 aromatic carbocycles. The number of nitrogens with one attached hydrogen (secondary N) is 1. The lowest BCUT2D eigenvalue weighted by molar-refractivity contribution is 0.0851. The van der Waals surface area contributed by atoms with Gasteiger partial charge in [0.1, 0.15) is 12.4 Å². The number of rotatable bonds is 2. The molecule has 1 aromatic heterocycles. The molecule has 18 heavy (non-hydrogen) atoms. The molecule has 0 amide bonds. The summed E-state index contributed by atoms with van der Waals surface area (Å²) in [5, 5.41) is 0. The van der Waals surface area contributed by atoms with Gasteiger partial charge in [-0.25, -0.2) is 15.8 Å². The maximum atomic E-state index is 5.80. The van der Waals surface area contributed by atoms with E-state index in [2.05, 4.69) is 15.4 Å². The highest BCUT2D eigenvalue weighted by Gasteiger charge is 2.24. The summed E-state index contributed by atoms with van der Waals surface area (Å²) in [6, 6.07) is 9.19. The van der Waals surface area contributed by atoms with E-state index in [1.807, 2.05) is 24.3 Å². The summed E-state index contributed by atoms with van der Waals surface area (Å²) in [4.78, 5) is 8.41. The van der Waals surface area contributed by atoms with E-state index in [0.29, 0.717) is 24.0 Å². The molecule has 0 radical (unpaired) electrons. The summed E-state index contributed by atoms with van der Waals surface area (Å²) >= 11 is 0. The summed E-state index contributed by atoms with van der Waals surface area (Å²) in [5.74, 6) is 7.83. The van der Waals surface area contributed by atoms with Crippen LogP contribution < -0.4 is 20.7 Å². The van der Waals surface area contributed by atoms with Gasteiger partial charge in [-0.1, -0.05) is 12.1 Å². The Balaban J connectivity index is 1.87. The van der Waals surface area contributed by atoms with Crippen LogP contribution in [-0.4, -0.2) is 16.6 Å². The molecular weight excluding hydrogens is 232 g/mol. The molecule has 2 aromatic rings. The molecule has 6 nitrogen and oxygen atoms in total. The molecule has 1 aliphatic rings. The van der Waals surface area contributed by atoms with Crippen LogP contribution in [0.2, 0.25) is 0 Å². The van der Waals surface area contributed by atoms with Gasteiger partial charge in [0.25, 0.3) is 0 Å². The minimum atomic E-state index is -0.326. The van der Waals surface area contributed by atoms with Crippen LogP contribution in [0.15, 0.2) is 36.5 Å². The van der Waals surface area contributed by atoms with E-state index < -0.39 is 0 Å². The van der Waals surface area contributed by atoms with Crippen LogP contribution in [0.4, 0.5) is 5.82 Å². The van der Waals surface area contributed by atoms with Crippen molar-refractivity contribution in [2.45, 2.75) is 6.10 Å². The molecule has 3 N–H and O–H groups in total. The summed E-state index contributed by atoms with van der Waals surface area (Å²) in [6.07, 6.45) is 1.30. The van der Waals surface area contributed by atoms with Crippen molar-refractivity contribution < 1.29 is 9.47 Å². The number of fused-ring (bicyclic) bond motifs is 1. The normalized spacial score (nSPS) is 17.3. The van der Waals surface area contributed by atoms with Gasteiger partial charge < -0.3 is 14.9 Å². The average molecular weight is 244 g/mol.